The van der Waals surface area contributed by atoms with Crippen molar-refractivity contribution in [1.29, 1.82) is 0 Å². The van der Waals surface area contributed by atoms with Gasteiger partial charge in [0.25, 0.3) is 0 Å². The third kappa shape index (κ3) is 2.44. The molecule has 88 valence electrons. The Bertz CT molecular complexity index is 379. The first-order chi connectivity index (χ1) is 7.48. The molecule has 0 spiro atoms. The second-order valence-electron chi connectivity index (χ2n) is 5.60. The monoisotopic (exact) mass is 235 g/mol. The van der Waals surface area contributed by atoms with Crippen molar-refractivity contribution in [2.45, 2.75) is 50.0 Å². The van der Waals surface area contributed by atoms with E-state index in [1.165, 1.54) is 28.2 Å². The number of nitrogens with two attached hydrogens (primary N) is 1. The van der Waals surface area contributed by atoms with Crippen LogP contribution in [0.15, 0.2) is 23.1 Å². The van der Waals surface area contributed by atoms with Crippen LogP contribution in [-0.2, 0) is 5.41 Å². The maximum atomic E-state index is 6.25. The third-order valence-corrected chi connectivity index (χ3v) is 4.37. The summed E-state index contributed by atoms with van der Waals surface area (Å²) in [4.78, 5) is 1.39. The number of thioether (sulfide) groups is 1. The molecule has 1 aromatic carbocycles. The normalized spacial score (nSPS) is 21.4. The van der Waals surface area contributed by atoms with Crippen LogP contribution in [0.1, 0.15) is 50.8 Å². The lowest BCUT2D eigenvalue weighted by Gasteiger charge is -2.22. The van der Waals surface area contributed by atoms with Crippen LogP contribution >= 0.6 is 11.8 Å². The van der Waals surface area contributed by atoms with Crippen LogP contribution in [-0.4, -0.2) is 5.75 Å². The molecule has 0 aromatic heterocycles. The minimum absolute atomic E-state index is 0.214. The van der Waals surface area contributed by atoms with Crippen LogP contribution < -0.4 is 5.73 Å². The Balaban J connectivity index is 2.43. The average molecular weight is 235 g/mol. The van der Waals surface area contributed by atoms with E-state index < -0.39 is 0 Å². The molecule has 1 atom stereocenters. The summed E-state index contributed by atoms with van der Waals surface area (Å²) in [6.07, 6.45) is 2.35. The van der Waals surface area contributed by atoms with Crippen molar-refractivity contribution in [2.75, 3.05) is 5.75 Å². The van der Waals surface area contributed by atoms with Crippen molar-refractivity contribution in [2.24, 2.45) is 5.73 Å². The molecule has 0 saturated heterocycles. The molecular weight excluding hydrogens is 214 g/mol. The highest BCUT2D eigenvalue weighted by atomic mass is 32.2. The topological polar surface area (TPSA) is 26.0 Å². The SMILES string of the molecule is CC(C)(C)c1ccc2c(c1)C(N)CCCS2. The first-order valence-electron chi connectivity index (χ1n) is 6.01. The van der Waals surface area contributed by atoms with Crippen molar-refractivity contribution < 1.29 is 0 Å². The zero-order valence-electron chi connectivity index (χ0n) is 10.4. The molecule has 0 radical (unpaired) electrons. The third-order valence-electron chi connectivity index (χ3n) is 3.19. The highest BCUT2D eigenvalue weighted by molar-refractivity contribution is 7.99. The maximum absolute atomic E-state index is 6.25. The quantitative estimate of drug-likeness (QED) is 0.738. The van der Waals surface area contributed by atoms with Gasteiger partial charge in [0.15, 0.2) is 0 Å². The lowest BCUT2D eigenvalue weighted by molar-refractivity contribution is 0.582. The number of hydrogen-bond donors (Lipinski definition) is 1. The number of rotatable bonds is 0. The second-order valence-corrected chi connectivity index (χ2v) is 6.74. The lowest BCUT2D eigenvalue weighted by atomic mass is 9.85. The van der Waals surface area contributed by atoms with E-state index >= 15 is 0 Å². The maximum Gasteiger partial charge on any atom is 0.0306 e. The Morgan fingerprint density at radius 3 is 2.75 bits per heavy atom. The van der Waals surface area contributed by atoms with Gasteiger partial charge in [0.1, 0.15) is 0 Å². The molecule has 1 aliphatic heterocycles. The van der Waals surface area contributed by atoms with E-state index in [2.05, 4.69) is 39.0 Å². The predicted molar refractivity (Wildman–Crippen MR) is 72.0 cm³/mol. The van der Waals surface area contributed by atoms with Gasteiger partial charge in [-0.1, -0.05) is 32.9 Å². The van der Waals surface area contributed by atoms with Crippen LogP contribution in [0.5, 0.6) is 0 Å². The van der Waals surface area contributed by atoms with Crippen molar-refractivity contribution in [1.82, 2.24) is 0 Å². The highest BCUT2D eigenvalue weighted by Crippen LogP contribution is 2.36. The van der Waals surface area contributed by atoms with Crippen LogP contribution in [0, 0.1) is 0 Å². The van der Waals surface area contributed by atoms with Gasteiger partial charge in [0, 0.05) is 10.9 Å². The van der Waals surface area contributed by atoms with E-state index in [1.54, 1.807) is 0 Å². The van der Waals surface area contributed by atoms with E-state index in [0.717, 1.165) is 6.42 Å². The Kier molecular flexibility index (Phi) is 3.32. The van der Waals surface area contributed by atoms with Crippen LogP contribution in [0.4, 0.5) is 0 Å². The number of hydrogen-bond acceptors (Lipinski definition) is 2. The summed E-state index contributed by atoms with van der Waals surface area (Å²) in [6, 6.07) is 7.06. The number of fused-ring (bicyclic) bond motifs is 1. The second kappa shape index (κ2) is 4.42. The lowest BCUT2D eigenvalue weighted by Crippen LogP contribution is -2.15. The molecule has 16 heavy (non-hydrogen) atoms. The Morgan fingerprint density at radius 1 is 1.31 bits per heavy atom. The molecule has 1 unspecified atom stereocenters. The van der Waals surface area contributed by atoms with Gasteiger partial charge in [-0.05, 0) is 41.2 Å². The molecule has 0 fully saturated rings. The molecule has 1 nitrogen and oxygen atoms in total. The Labute approximate surface area is 103 Å². The van der Waals surface area contributed by atoms with Crippen LogP contribution in [0.25, 0.3) is 0 Å². The molecule has 1 aromatic rings. The average Bonchev–Trinajstić information content (AvgIpc) is 2.39. The van der Waals surface area contributed by atoms with Crippen molar-refractivity contribution in [3.63, 3.8) is 0 Å². The van der Waals surface area contributed by atoms with Crippen molar-refractivity contribution in [3.05, 3.63) is 29.3 Å². The summed E-state index contributed by atoms with van der Waals surface area (Å²) in [7, 11) is 0. The summed E-state index contributed by atoms with van der Waals surface area (Å²) in [5.74, 6) is 1.20. The molecule has 1 aliphatic rings. The number of benzene rings is 1. The Morgan fingerprint density at radius 2 is 2.06 bits per heavy atom. The standard InChI is InChI=1S/C14H21NS/c1-14(2,3)10-6-7-13-11(9-10)12(15)5-4-8-16-13/h6-7,9,12H,4-5,8,15H2,1-3H3. The summed E-state index contributed by atoms with van der Waals surface area (Å²) in [6.45, 7) is 6.76. The molecule has 1 heterocycles. The molecule has 2 rings (SSSR count). The summed E-state index contributed by atoms with van der Waals surface area (Å²) in [5.41, 5.74) is 9.21. The molecule has 0 aliphatic carbocycles. The first kappa shape index (κ1) is 12.0. The van der Waals surface area contributed by atoms with Gasteiger partial charge < -0.3 is 5.73 Å². The zero-order valence-corrected chi connectivity index (χ0v) is 11.2. The minimum Gasteiger partial charge on any atom is -0.324 e. The first-order valence-corrected chi connectivity index (χ1v) is 7.00. The van der Waals surface area contributed by atoms with Gasteiger partial charge in [-0.3, -0.25) is 0 Å². The Hall–Kier alpha value is -0.470. The van der Waals surface area contributed by atoms with Gasteiger partial charge in [0.05, 0.1) is 0 Å². The smallest absolute Gasteiger partial charge is 0.0306 e. The van der Waals surface area contributed by atoms with E-state index in [-0.39, 0.29) is 11.5 Å². The molecule has 0 amide bonds. The fourth-order valence-corrected chi connectivity index (χ4v) is 3.15. The van der Waals surface area contributed by atoms with E-state index in [4.69, 9.17) is 5.73 Å². The minimum atomic E-state index is 0.214. The fourth-order valence-electron chi connectivity index (χ4n) is 2.08. The molecule has 2 N–H and O–H groups in total. The van der Waals surface area contributed by atoms with Crippen molar-refractivity contribution >= 4 is 11.8 Å². The molecule has 0 saturated carbocycles. The van der Waals surface area contributed by atoms with E-state index in [1.807, 2.05) is 11.8 Å². The largest absolute Gasteiger partial charge is 0.324 e. The van der Waals surface area contributed by atoms with Gasteiger partial charge in [0.2, 0.25) is 0 Å². The summed E-state index contributed by atoms with van der Waals surface area (Å²) >= 11 is 1.95. The molecule has 2 heteroatoms. The van der Waals surface area contributed by atoms with Gasteiger partial charge in [-0.25, -0.2) is 0 Å². The van der Waals surface area contributed by atoms with Crippen molar-refractivity contribution in [3.8, 4) is 0 Å². The molecular formula is C14H21NS. The van der Waals surface area contributed by atoms with E-state index in [9.17, 15) is 0 Å². The summed E-state index contributed by atoms with van der Waals surface area (Å²) in [5, 5.41) is 0. The van der Waals surface area contributed by atoms with Crippen LogP contribution in [0.3, 0.4) is 0 Å². The van der Waals surface area contributed by atoms with Gasteiger partial charge >= 0.3 is 0 Å². The molecule has 0 bridgehead atoms. The highest BCUT2D eigenvalue weighted by Gasteiger charge is 2.20. The van der Waals surface area contributed by atoms with Gasteiger partial charge in [-0.15, -0.1) is 11.8 Å². The predicted octanol–water partition coefficient (Wildman–Crippen LogP) is 3.87. The van der Waals surface area contributed by atoms with Gasteiger partial charge in [-0.2, -0.15) is 0 Å². The fraction of sp³-hybridized carbons (Fsp3) is 0.571. The van der Waals surface area contributed by atoms with E-state index in [0.29, 0.717) is 0 Å². The summed E-state index contributed by atoms with van der Waals surface area (Å²) < 4.78 is 0. The zero-order chi connectivity index (χ0) is 11.8. The van der Waals surface area contributed by atoms with Crippen LogP contribution in [0.2, 0.25) is 0 Å².